The molecule has 1 atom stereocenters. The van der Waals surface area contributed by atoms with Gasteiger partial charge in [0.05, 0.1) is 0 Å². The molecule has 0 aromatic heterocycles. The molecule has 0 spiro atoms. The molecule has 0 saturated carbocycles. The molecule has 0 N–H and O–H groups in total. The van der Waals surface area contributed by atoms with Gasteiger partial charge in [-0.3, -0.25) is 4.79 Å². The van der Waals surface area contributed by atoms with Crippen LogP contribution in [0.25, 0.3) is 0 Å². The first kappa shape index (κ1) is 9.25. The summed E-state index contributed by atoms with van der Waals surface area (Å²) in [7, 11) is 0. The smallest absolute Gasteiger partial charge is 0.223 e. The summed E-state index contributed by atoms with van der Waals surface area (Å²) in [5.74, 6) is 0.531. The van der Waals surface area contributed by atoms with Crippen LogP contribution in [0, 0.1) is 6.92 Å². The molecule has 1 aromatic carbocycles. The first-order valence-corrected chi connectivity index (χ1v) is 4.90. The zero-order chi connectivity index (χ0) is 10.1. The summed E-state index contributed by atoms with van der Waals surface area (Å²) in [5.41, 5.74) is 2.33. The van der Waals surface area contributed by atoms with E-state index in [1.165, 1.54) is 5.56 Å². The first-order valence-electron chi connectivity index (χ1n) is 4.90. The fraction of sp³-hybridized carbons (Fsp3) is 0.333. The number of benzene rings is 1. The number of nitrogens with zero attached hydrogens (tertiary/aromatic N) is 1. The second kappa shape index (κ2) is 3.45. The van der Waals surface area contributed by atoms with E-state index in [9.17, 15) is 4.79 Å². The van der Waals surface area contributed by atoms with Gasteiger partial charge in [-0.05, 0) is 18.1 Å². The SMILES string of the molecule is [CH2]CC1CN(C(C)=O)c2ccccc21. The Kier molecular flexibility index (Phi) is 2.28. The van der Waals surface area contributed by atoms with Crippen LogP contribution in [0.5, 0.6) is 0 Å². The fourth-order valence-corrected chi connectivity index (χ4v) is 2.04. The van der Waals surface area contributed by atoms with Gasteiger partial charge >= 0.3 is 0 Å². The Morgan fingerprint density at radius 3 is 2.93 bits per heavy atom. The minimum Gasteiger partial charge on any atom is -0.312 e. The van der Waals surface area contributed by atoms with Gasteiger partial charge in [-0.1, -0.05) is 25.1 Å². The predicted octanol–water partition coefficient (Wildman–Crippen LogP) is 2.36. The Balaban J connectivity index is 2.43. The van der Waals surface area contributed by atoms with Gasteiger partial charge in [-0.2, -0.15) is 0 Å². The highest BCUT2D eigenvalue weighted by Gasteiger charge is 2.28. The summed E-state index contributed by atoms with van der Waals surface area (Å²) in [6.45, 7) is 6.33. The van der Waals surface area contributed by atoms with Crippen molar-refractivity contribution in [3.05, 3.63) is 36.8 Å². The van der Waals surface area contributed by atoms with Gasteiger partial charge in [0.1, 0.15) is 0 Å². The van der Waals surface area contributed by atoms with Crippen LogP contribution in [-0.2, 0) is 4.79 Å². The Morgan fingerprint density at radius 2 is 2.29 bits per heavy atom. The lowest BCUT2D eigenvalue weighted by molar-refractivity contribution is -0.116. The minimum absolute atomic E-state index is 0.119. The predicted molar refractivity (Wildman–Crippen MR) is 57.2 cm³/mol. The van der Waals surface area contributed by atoms with Crippen molar-refractivity contribution in [3.63, 3.8) is 0 Å². The highest BCUT2D eigenvalue weighted by atomic mass is 16.2. The van der Waals surface area contributed by atoms with Crippen molar-refractivity contribution in [1.29, 1.82) is 0 Å². The fourth-order valence-electron chi connectivity index (χ4n) is 2.04. The number of fused-ring (bicyclic) bond motifs is 1. The lowest BCUT2D eigenvalue weighted by Gasteiger charge is -2.14. The second-order valence-corrected chi connectivity index (χ2v) is 3.67. The van der Waals surface area contributed by atoms with Gasteiger partial charge in [-0.15, -0.1) is 0 Å². The van der Waals surface area contributed by atoms with Crippen molar-refractivity contribution in [1.82, 2.24) is 0 Å². The molecule has 2 rings (SSSR count). The monoisotopic (exact) mass is 188 g/mol. The average molecular weight is 188 g/mol. The number of anilines is 1. The van der Waals surface area contributed by atoms with Crippen LogP contribution >= 0.6 is 0 Å². The van der Waals surface area contributed by atoms with E-state index >= 15 is 0 Å². The van der Waals surface area contributed by atoms with E-state index in [-0.39, 0.29) is 5.91 Å². The van der Waals surface area contributed by atoms with E-state index in [0.717, 1.165) is 18.7 Å². The number of amides is 1. The molecule has 1 aromatic rings. The number of carbonyl (C=O) groups is 1. The van der Waals surface area contributed by atoms with Gasteiger partial charge in [0.25, 0.3) is 0 Å². The van der Waals surface area contributed by atoms with Crippen LogP contribution < -0.4 is 4.90 Å². The van der Waals surface area contributed by atoms with E-state index in [1.807, 2.05) is 23.1 Å². The molecule has 0 saturated heterocycles. The summed E-state index contributed by atoms with van der Waals surface area (Å²) in [6.07, 6.45) is 0.848. The summed E-state index contributed by atoms with van der Waals surface area (Å²) in [6, 6.07) is 8.09. The number of rotatable bonds is 1. The highest BCUT2D eigenvalue weighted by molar-refractivity contribution is 5.94. The molecule has 2 nitrogen and oxygen atoms in total. The molecular weight excluding hydrogens is 174 g/mol. The number of hydrogen-bond acceptors (Lipinski definition) is 1. The van der Waals surface area contributed by atoms with E-state index < -0.39 is 0 Å². The van der Waals surface area contributed by atoms with Crippen LogP contribution in [0.4, 0.5) is 5.69 Å². The lowest BCUT2D eigenvalue weighted by Crippen LogP contribution is -2.26. The molecular formula is C12H14NO. The third-order valence-electron chi connectivity index (χ3n) is 2.80. The Hall–Kier alpha value is -1.31. The maximum atomic E-state index is 11.4. The molecule has 2 heteroatoms. The molecule has 73 valence electrons. The van der Waals surface area contributed by atoms with Crippen molar-refractivity contribution in [2.24, 2.45) is 0 Å². The average Bonchev–Trinajstić information content (AvgIpc) is 2.56. The molecule has 0 aliphatic carbocycles. The van der Waals surface area contributed by atoms with Crippen LogP contribution in [0.2, 0.25) is 0 Å². The van der Waals surface area contributed by atoms with E-state index in [0.29, 0.717) is 5.92 Å². The molecule has 1 aliphatic rings. The molecule has 0 fully saturated rings. The molecule has 1 heterocycles. The Bertz CT molecular complexity index is 359. The summed E-state index contributed by atoms with van der Waals surface area (Å²) >= 11 is 0. The summed E-state index contributed by atoms with van der Waals surface area (Å²) in [5, 5.41) is 0. The maximum Gasteiger partial charge on any atom is 0.223 e. The van der Waals surface area contributed by atoms with Crippen LogP contribution in [-0.4, -0.2) is 12.5 Å². The maximum absolute atomic E-state index is 11.4. The third-order valence-corrected chi connectivity index (χ3v) is 2.80. The van der Waals surface area contributed by atoms with Gasteiger partial charge in [0.15, 0.2) is 0 Å². The standard InChI is InChI=1S/C12H14NO/c1-3-10-8-13(9(2)14)12-7-5-4-6-11(10)12/h4-7,10H,1,3,8H2,2H3. The Morgan fingerprint density at radius 1 is 1.57 bits per heavy atom. The summed E-state index contributed by atoms with van der Waals surface area (Å²) < 4.78 is 0. The summed E-state index contributed by atoms with van der Waals surface area (Å²) in [4.78, 5) is 13.2. The number of hydrogen-bond donors (Lipinski definition) is 0. The van der Waals surface area contributed by atoms with Crippen LogP contribution in [0.15, 0.2) is 24.3 Å². The lowest BCUT2D eigenvalue weighted by atomic mass is 9.99. The molecule has 1 aliphatic heterocycles. The second-order valence-electron chi connectivity index (χ2n) is 3.67. The number of para-hydroxylation sites is 1. The zero-order valence-corrected chi connectivity index (χ0v) is 8.36. The molecule has 0 bridgehead atoms. The van der Waals surface area contributed by atoms with Crippen LogP contribution in [0.1, 0.15) is 24.8 Å². The van der Waals surface area contributed by atoms with Crippen molar-refractivity contribution in [2.75, 3.05) is 11.4 Å². The normalized spacial score (nSPS) is 19.6. The van der Waals surface area contributed by atoms with Crippen LogP contribution in [0.3, 0.4) is 0 Å². The zero-order valence-electron chi connectivity index (χ0n) is 8.36. The largest absolute Gasteiger partial charge is 0.312 e. The highest BCUT2D eigenvalue weighted by Crippen LogP contribution is 2.37. The van der Waals surface area contributed by atoms with Crippen molar-refractivity contribution < 1.29 is 4.79 Å². The van der Waals surface area contributed by atoms with Gasteiger partial charge in [0.2, 0.25) is 5.91 Å². The quantitative estimate of drug-likeness (QED) is 0.662. The van der Waals surface area contributed by atoms with Gasteiger partial charge in [-0.25, -0.2) is 0 Å². The van der Waals surface area contributed by atoms with E-state index in [2.05, 4.69) is 13.0 Å². The Labute approximate surface area is 84.5 Å². The van der Waals surface area contributed by atoms with Gasteiger partial charge < -0.3 is 4.90 Å². The minimum atomic E-state index is 0.119. The molecule has 1 amide bonds. The molecule has 14 heavy (non-hydrogen) atoms. The van der Waals surface area contributed by atoms with E-state index in [4.69, 9.17) is 0 Å². The van der Waals surface area contributed by atoms with Crippen molar-refractivity contribution in [3.8, 4) is 0 Å². The topological polar surface area (TPSA) is 20.3 Å². The number of carbonyl (C=O) groups excluding carboxylic acids is 1. The third kappa shape index (κ3) is 1.31. The van der Waals surface area contributed by atoms with Crippen molar-refractivity contribution >= 4 is 11.6 Å². The molecule has 1 radical (unpaired) electrons. The van der Waals surface area contributed by atoms with E-state index in [1.54, 1.807) is 6.92 Å². The first-order chi connectivity index (χ1) is 6.74. The molecule has 1 unspecified atom stereocenters. The van der Waals surface area contributed by atoms with Gasteiger partial charge in [0, 0.05) is 25.1 Å². The van der Waals surface area contributed by atoms with Crippen molar-refractivity contribution in [2.45, 2.75) is 19.3 Å².